The van der Waals surface area contributed by atoms with Crippen LogP contribution in [-0.4, -0.2) is 19.8 Å². The maximum atomic E-state index is 11.1. The minimum absolute atomic E-state index is 0.384. The highest BCUT2D eigenvalue weighted by atomic mass is 16.6. The Balaban J connectivity index is 0.000000207. The van der Waals surface area contributed by atoms with Crippen molar-refractivity contribution in [1.29, 1.82) is 0 Å². The number of hydrogen-bond acceptors (Lipinski definition) is 8. The lowest BCUT2D eigenvalue weighted by Gasteiger charge is -2.06. The first-order valence-corrected chi connectivity index (χ1v) is 7.65. The molecule has 28 heavy (non-hydrogen) atoms. The van der Waals surface area contributed by atoms with E-state index in [0.717, 1.165) is 22.4 Å². The first-order valence-electron chi connectivity index (χ1n) is 7.65. The van der Waals surface area contributed by atoms with E-state index < -0.39 is 37.6 Å². The van der Waals surface area contributed by atoms with Crippen LogP contribution in [0.1, 0.15) is 11.4 Å². The van der Waals surface area contributed by atoms with Crippen LogP contribution < -0.4 is 10.1 Å². The van der Waals surface area contributed by atoms with Crippen LogP contribution in [0.3, 0.4) is 0 Å². The normalized spacial score (nSPS) is 10.1. The number of nitrogens with zero attached hydrogens (tertiary/aromatic N) is 4. The minimum atomic E-state index is -1.46. The van der Waals surface area contributed by atoms with Gasteiger partial charge in [0.25, 0.3) is 17.1 Å². The predicted octanol–water partition coefficient (Wildman–Crippen LogP) is 2.15. The van der Waals surface area contributed by atoms with Crippen molar-refractivity contribution in [2.45, 2.75) is 13.8 Å². The average Bonchev–Trinajstić information content (AvgIpc) is 2.62. The zero-order chi connectivity index (χ0) is 21.0. The molecule has 0 radical (unpaired) electrons. The fourth-order valence-electron chi connectivity index (χ4n) is 2.19. The quantitative estimate of drug-likeness (QED) is 0.484. The summed E-state index contributed by atoms with van der Waals surface area (Å²) in [5.41, 5.74) is 1.06. The lowest BCUT2D eigenvalue weighted by molar-refractivity contribution is -0.420. The van der Waals surface area contributed by atoms with E-state index in [-0.39, 0.29) is 0 Å². The van der Waals surface area contributed by atoms with E-state index in [9.17, 15) is 35.4 Å². The summed E-state index contributed by atoms with van der Waals surface area (Å²) >= 11 is 0. The van der Waals surface area contributed by atoms with Gasteiger partial charge in [0.05, 0.1) is 32.7 Å². The van der Waals surface area contributed by atoms with Crippen molar-refractivity contribution in [3.8, 4) is 5.75 Å². The third kappa shape index (κ3) is 4.30. The largest absolute Gasteiger partial charge is 0.863 e. The number of aryl methyl sites for hydroxylation is 2. The summed E-state index contributed by atoms with van der Waals surface area (Å²) in [6, 6.07) is 8.82. The highest BCUT2D eigenvalue weighted by Crippen LogP contribution is 2.36. The fraction of sp³-hybridized carbons (Fsp3) is 0.125. The van der Waals surface area contributed by atoms with Gasteiger partial charge in [0.15, 0.2) is 5.69 Å². The highest BCUT2D eigenvalue weighted by molar-refractivity contribution is 5.70. The molecule has 0 saturated carbocycles. The van der Waals surface area contributed by atoms with Gasteiger partial charge in [-0.1, -0.05) is 12.1 Å². The maximum absolute atomic E-state index is 11.1. The van der Waals surface area contributed by atoms with E-state index >= 15 is 0 Å². The van der Waals surface area contributed by atoms with Gasteiger partial charge in [-0.25, -0.2) is 9.97 Å². The topological polar surface area (TPSA) is 180 Å². The first kappa shape index (κ1) is 20.1. The van der Waals surface area contributed by atoms with Gasteiger partial charge in [0.2, 0.25) is 5.52 Å². The summed E-state index contributed by atoms with van der Waals surface area (Å²) in [5, 5.41) is 42.1. The molecule has 3 rings (SSSR count). The van der Waals surface area contributed by atoms with E-state index in [4.69, 9.17) is 0 Å². The van der Waals surface area contributed by atoms with Crippen molar-refractivity contribution in [3.05, 3.63) is 78.1 Å². The van der Waals surface area contributed by atoms with E-state index in [0.29, 0.717) is 12.1 Å². The Labute approximate surface area is 156 Å². The molecule has 0 bridgehead atoms. The van der Waals surface area contributed by atoms with Crippen LogP contribution in [0.4, 0.5) is 17.1 Å². The summed E-state index contributed by atoms with van der Waals surface area (Å²) < 4.78 is 0. The molecule has 0 unspecified atom stereocenters. The van der Waals surface area contributed by atoms with Crippen molar-refractivity contribution < 1.29 is 24.9 Å². The van der Waals surface area contributed by atoms with Gasteiger partial charge < -0.3 is 5.11 Å². The molecule has 0 atom stereocenters. The van der Waals surface area contributed by atoms with Crippen LogP contribution in [0.25, 0.3) is 11.0 Å². The van der Waals surface area contributed by atoms with Crippen LogP contribution in [-0.2, 0) is 0 Å². The van der Waals surface area contributed by atoms with Crippen molar-refractivity contribution in [2.24, 2.45) is 0 Å². The van der Waals surface area contributed by atoms with Gasteiger partial charge in [-0.2, -0.15) is 0 Å². The Kier molecular flexibility index (Phi) is 5.73. The highest BCUT2D eigenvalue weighted by Gasteiger charge is 2.24. The number of benzene rings is 2. The number of para-hydroxylation sites is 2. The Hall–Kier alpha value is -4.22. The van der Waals surface area contributed by atoms with Gasteiger partial charge in [-0.3, -0.25) is 30.3 Å². The number of rotatable bonds is 3. The lowest BCUT2D eigenvalue weighted by Crippen LogP contribution is -2.12. The van der Waals surface area contributed by atoms with Gasteiger partial charge >= 0.3 is 0 Å². The molecule has 0 amide bonds. The van der Waals surface area contributed by atoms with E-state index in [1.54, 1.807) is 0 Å². The molecule has 12 nitrogen and oxygen atoms in total. The SMILES string of the molecule is Cc1nc2ccccc2[nH+]c1C.O=[N+]([O-])c1cc([N+](=O)[O-])c([O-])c([N+](=O)[O-])c1. The van der Waals surface area contributed by atoms with Crippen LogP contribution in [0, 0.1) is 44.2 Å². The molecule has 1 heterocycles. The molecular formula is C16H13N5O7. The van der Waals surface area contributed by atoms with E-state index in [1.165, 1.54) is 0 Å². The molecule has 0 spiro atoms. The lowest BCUT2D eigenvalue weighted by atomic mass is 10.2. The van der Waals surface area contributed by atoms with E-state index in [2.05, 4.69) is 9.97 Å². The minimum Gasteiger partial charge on any atom is -0.863 e. The molecule has 0 saturated heterocycles. The number of aromatic amines is 1. The van der Waals surface area contributed by atoms with Crippen molar-refractivity contribution in [3.63, 3.8) is 0 Å². The van der Waals surface area contributed by atoms with Gasteiger partial charge in [-0.15, -0.1) is 0 Å². The number of fused-ring (bicyclic) bond motifs is 1. The first-order chi connectivity index (χ1) is 13.1. The summed E-state index contributed by atoms with van der Waals surface area (Å²) in [6.07, 6.45) is 0. The number of aromatic nitrogens is 2. The number of nitro groups is 3. The Morgan fingerprint density at radius 2 is 1.43 bits per heavy atom. The Bertz CT molecular complexity index is 1020. The summed E-state index contributed by atoms with van der Waals surface area (Å²) in [6.45, 7) is 4.05. The summed E-state index contributed by atoms with van der Waals surface area (Å²) in [7, 11) is 0. The number of H-pyrrole nitrogens is 1. The molecule has 12 heteroatoms. The van der Waals surface area contributed by atoms with Crippen molar-refractivity contribution >= 4 is 28.1 Å². The van der Waals surface area contributed by atoms with Crippen LogP contribution in [0.2, 0.25) is 0 Å². The van der Waals surface area contributed by atoms with Crippen LogP contribution >= 0.6 is 0 Å². The molecule has 0 aliphatic carbocycles. The standard InChI is InChI=1S/C10H10N2.C6H3N3O7/c1-7-8(2)12-10-6-4-3-5-9(10)11-7;10-6-4(8(13)14)1-3(7(11)12)2-5(6)9(15)16/h3-6H,1-2H3;1-2,10H. The zero-order valence-corrected chi connectivity index (χ0v) is 14.6. The second-order valence-electron chi connectivity index (χ2n) is 5.55. The molecule has 3 aromatic rings. The number of nitrogens with one attached hydrogen (secondary N) is 1. The zero-order valence-electron chi connectivity index (χ0n) is 14.6. The van der Waals surface area contributed by atoms with Crippen molar-refractivity contribution in [1.82, 2.24) is 4.98 Å². The average molecular weight is 387 g/mol. The van der Waals surface area contributed by atoms with Crippen LogP contribution in [0.5, 0.6) is 5.75 Å². The third-order valence-electron chi connectivity index (χ3n) is 3.70. The molecule has 144 valence electrons. The second-order valence-corrected chi connectivity index (χ2v) is 5.55. The monoisotopic (exact) mass is 387 g/mol. The molecule has 0 fully saturated rings. The van der Waals surface area contributed by atoms with Gasteiger partial charge in [0.1, 0.15) is 11.2 Å². The van der Waals surface area contributed by atoms with Crippen LogP contribution in [0.15, 0.2) is 36.4 Å². The molecule has 0 aliphatic rings. The van der Waals surface area contributed by atoms with Crippen molar-refractivity contribution in [2.75, 3.05) is 0 Å². The number of hydrogen-bond donors (Lipinski definition) is 0. The fourth-order valence-corrected chi connectivity index (χ4v) is 2.19. The molecule has 2 aromatic carbocycles. The molecular weight excluding hydrogens is 374 g/mol. The predicted molar refractivity (Wildman–Crippen MR) is 93.6 cm³/mol. The number of nitro benzene ring substituents is 3. The molecule has 1 aromatic heterocycles. The maximum Gasteiger partial charge on any atom is 0.283 e. The van der Waals surface area contributed by atoms with Gasteiger partial charge in [-0.05, 0) is 13.0 Å². The second kappa shape index (κ2) is 7.99. The number of non-ortho nitro benzene ring substituents is 1. The Morgan fingerprint density at radius 3 is 1.93 bits per heavy atom. The van der Waals surface area contributed by atoms with E-state index in [1.807, 2.05) is 38.1 Å². The third-order valence-corrected chi connectivity index (χ3v) is 3.70. The molecule has 1 N–H and O–H groups in total. The smallest absolute Gasteiger partial charge is 0.283 e. The van der Waals surface area contributed by atoms with Gasteiger partial charge in [0, 0.05) is 13.0 Å². The Morgan fingerprint density at radius 1 is 0.893 bits per heavy atom. The summed E-state index contributed by atoms with van der Waals surface area (Å²) in [4.78, 5) is 35.3. The molecule has 0 aliphatic heterocycles. The summed E-state index contributed by atoms with van der Waals surface area (Å²) in [5.74, 6) is -1.46.